The number of nitrogens with zero attached hydrogens (tertiary/aromatic N) is 2. The molecule has 1 aromatic heterocycles. The molecular weight excluding hydrogens is 234 g/mol. The maximum atomic E-state index is 11.5. The van der Waals surface area contributed by atoms with Gasteiger partial charge in [0.05, 0.1) is 12.8 Å². The molecule has 0 amide bonds. The van der Waals surface area contributed by atoms with E-state index in [-0.39, 0.29) is 16.3 Å². The van der Waals surface area contributed by atoms with Crippen LogP contribution in [0.2, 0.25) is 0 Å². The number of carbonyl (C=O) groups is 1. The highest BCUT2D eigenvalue weighted by molar-refractivity contribution is 7.89. The van der Waals surface area contributed by atoms with Crippen LogP contribution >= 0.6 is 0 Å². The predicted octanol–water partition coefficient (Wildman–Crippen LogP) is -0.355. The number of aryl methyl sites for hydroxylation is 2. The molecule has 1 heterocycles. The summed E-state index contributed by atoms with van der Waals surface area (Å²) < 4.78 is 28.4. The van der Waals surface area contributed by atoms with Gasteiger partial charge in [0.25, 0.3) is 0 Å². The number of nitrogens with two attached hydrogens (primary N) is 1. The number of sulfonamides is 1. The van der Waals surface area contributed by atoms with E-state index in [1.165, 1.54) is 11.6 Å². The highest BCUT2D eigenvalue weighted by Gasteiger charge is 2.28. The summed E-state index contributed by atoms with van der Waals surface area (Å²) >= 11 is 0. The molecule has 2 N–H and O–H groups in total. The summed E-state index contributed by atoms with van der Waals surface area (Å²) in [7, 11) is -2.83. The van der Waals surface area contributed by atoms with E-state index < -0.39 is 16.0 Å². The van der Waals surface area contributed by atoms with Crippen LogP contribution < -0.4 is 5.14 Å². The van der Waals surface area contributed by atoms with Crippen LogP contribution in [0, 0.1) is 6.92 Å². The van der Waals surface area contributed by atoms with Gasteiger partial charge < -0.3 is 4.74 Å². The van der Waals surface area contributed by atoms with Crippen LogP contribution in [-0.4, -0.2) is 31.3 Å². The maximum absolute atomic E-state index is 11.5. The van der Waals surface area contributed by atoms with Crippen LogP contribution in [0.3, 0.4) is 0 Å². The van der Waals surface area contributed by atoms with Gasteiger partial charge in [0, 0.05) is 6.54 Å². The molecule has 0 bridgehead atoms. The Hall–Kier alpha value is -1.41. The smallest absolute Gasteiger partial charge is 0.357 e. The zero-order valence-electron chi connectivity index (χ0n) is 9.22. The monoisotopic (exact) mass is 247 g/mol. The molecule has 0 aliphatic carbocycles. The standard InChI is InChI=1S/C8H13N3O4S/c1-4-11-6(8(12)15-3)7(5(2)10-11)16(9,13)14/h4H2,1-3H3,(H2,9,13,14). The number of hydrogen-bond acceptors (Lipinski definition) is 5. The van der Waals surface area contributed by atoms with Gasteiger partial charge in [-0.15, -0.1) is 0 Å². The van der Waals surface area contributed by atoms with Gasteiger partial charge in [-0.1, -0.05) is 0 Å². The lowest BCUT2D eigenvalue weighted by atomic mass is 10.3. The van der Waals surface area contributed by atoms with Crippen molar-refractivity contribution < 1.29 is 17.9 Å². The first-order chi connectivity index (χ1) is 7.32. The van der Waals surface area contributed by atoms with Crippen molar-refractivity contribution in [2.75, 3.05) is 7.11 Å². The summed E-state index contributed by atoms with van der Waals surface area (Å²) in [6.45, 7) is 3.55. The fourth-order valence-electron chi connectivity index (χ4n) is 1.43. The van der Waals surface area contributed by atoms with Crippen LogP contribution in [0.25, 0.3) is 0 Å². The van der Waals surface area contributed by atoms with E-state index in [0.29, 0.717) is 6.54 Å². The summed E-state index contributed by atoms with van der Waals surface area (Å²) in [5.41, 5.74) is 0.0507. The normalized spacial score (nSPS) is 11.5. The number of aromatic nitrogens is 2. The van der Waals surface area contributed by atoms with Gasteiger partial charge in [-0.2, -0.15) is 5.10 Å². The topological polar surface area (TPSA) is 104 Å². The molecule has 0 saturated carbocycles. The first-order valence-corrected chi connectivity index (χ1v) is 6.06. The number of esters is 1. The lowest BCUT2D eigenvalue weighted by Gasteiger charge is -2.04. The molecule has 7 nitrogen and oxygen atoms in total. The first kappa shape index (κ1) is 12.7. The molecule has 0 atom stereocenters. The summed E-state index contributed by atoms with van der Waals surface area (Å²) in [5.74, 6) is -0.772. The van der Waals surface area contributed by atoms with Crippen molar-refractivity contribution in [3.63, 3.8) is 0 Å². The quantitative estimate of drug-likeness (QED) is 0.735. The zero-order chi connectivity index (χ0) is 12.5. The highest BCUT2D eigenvalue weighted by atomic mass is 32.2. The molecule has 90 valence electrons. The van der Waals surface area contributed by atoms with E-state index in [1.807, 2.05) is 0 Å². The minimum atomic E-state index is -3.99. The number of hydrogen-bond donors (Lipinski definition) is 1. The van der Waals surface area contributed by atoms with E-state index in [2.05, 4.69) is 9.84 Å². The van der Waals surface area contributed by atoms with E-state index >= 15 is 0 Å². The highest BCUT2D eigenvalue weighted by Crippen LogP contribution is 2.19. The second-order valence-electron chi connectivity index (χ2n) is 3.12. The fourth-order valence-corrected chi connectivity index (χ4v) is 2.34. The van der Waals surface area contributed by atoms with Crippen LogP contribution in [0.15, 0.2) is 4.90 Å². The van der Waals surface area contributed by atoms with Gasteiger partial charge in [-0.3, -0.25) is 4.68 Å². The van der Waals surface area contributed by atoms with Crippen molar-refractivity contribution in [1.82, 2.24) is 9.78 Å². The van der Waals surface area contributed by atoms with Gasteiger partial charge in [0.2, 0.25) is 10.0 Å². The number of methoxy groups -OCH3 is 1. The Balaban J connectivity index is 3.60. The van der Waals surface area contributed by atoms with Crippen molar-refractivity contribution in [2.24, 2.45) is 5.14 Å². The van der Waals surface area contributed by atoms with Gasteiger partial charge in [0.1, 0.15) is 4.90 Å². The van der Waals surface area contributed by atoms with E-state index in [1.54, 1.807) is 6.92 Å². The summed E-state index contributed by atoms with van der Waals surface area (Å²) in [5, 5.41) is 8.95. The third-order valence-corrected chi connectivity index (χ3v) is 3.09. The molecule has 0 aliphatic heterocycles. The molecule has 0 radical (unpaired) electrons. The Labute approximate surface area is 93.2 Å². The van der Waals surface area contributed by atoms with Crippen LogP contribution in [0.5, 0.6) is 0 Å². The molecule has 8 heteroatoms. The van der Waals surface area contributed by atoms with E-state index in [0.717, 1.165) is 7.11 Å². The van der Waals surface area contributed by atoms with Crippen molar-refractivity contribution in [3.05, 3.63) is 11.4 Å². The third kappa shape index (κ3) is 2.07. The third-order valence-electron chi connectivity index (χ3n) is 2.04. The zero-order valence-corrected chi connectivity index (χ0v) is 10.0. The van der Waals surface area contributed by atoms with Crippen molar-refractivity contribution >= 4 is 16.0 Å². The molecule has 1 rings (SSSR count). The van der Waals surface area contributed by atoms with Gasteiger partial charge >= 0.3 is 5.97 Å². The Morgan fingerprint density at radius 3 is 2.50 bits per heavy atom. The van der Waals surface area contributed by atoms with Crippen molar-refractivity contribution in [2.45, 2.75) is 25.3 Å². The second kappa shape index (κ2) is 4.22. The Morgan fingerprint density at radius 2 is 2.12 bits per heavy atom. The molecular formula is C8H13N3O4S. The van der Waals surface area contributed by atoms with Gasteiger partial charge in [-0.25, -0.2) is 18.4 Å². The average molecular weight is 247 g/mol. The molecule has 0 fully saturated rings. The van der Waals surface area contributed by atoms with Crippen molar-refractivity contribution in [1.29, 1.82) is 0 Å². The molecule has 1 aromatic rings. The Kier molecular flexibility index (Phi) is 3.34. The van der Waals surface area contributed by atoms with Gasteiger partial charge in [-0.05, 0) is 13.8 Å². The Morgan fingerprint density at radius 1 is 1.56 bits per heavy atom. The summed E-state index contributed by atoms with van der Waals surface area (Å²) in [6, 6.07) is 0. The second-order valence-corrected chi connectivity index (χ2v) is 4.61. The molecule has 0 aromatic carbocycles. The summed E-state index contributed by atoms with van der Waals surface area (Å²) in [6.07, 6.45) is 0. The Bertz CT molecular complexity index is 518. The number of carbonyl (C=O) groups excluding carboxylic acids is 1. The van der Waals surface area contributed by atoms with E-state index in [9.17, 15) is 13.2 Å². The predicted molar refractivity (Wildman–Crippen MR) is 55.4 cm³/mol. The molecule has 0 spiro atoms. The lowest BCUT2D eigenvalue weighted by molar-refractivity contribution is 0.0582. The largest absolute Gasteiger partial charge is 0.464 e. The van der Waals surface area contributed by atoms with Crippen molar-refractivity contribution in [3.8, 4) is 0 Å². The van der Waals surface area contributed by atoms with E-state index in [4.69, 9.17) is 5.14 Å². The van der Waals surface area contributed by atoms with Crippen LogP contribution in [0.1, 0.15) is 23.1 Å². The number of ether oxygens (including phenoxy) is 1. The SMILES string of the molecule is CCn1nc(C)c(S(N)(=O)=O)c1C(=O)OC. The minimum absolute atomic E-state index is 0.134. The molecule has 0 unspecified atom stereocenters. The average Bonchev–Trinajstić information content (AvgIpc) is 2.53. The fraction of sp³-hybridized carbons (Fsp3) is 0.500. The van der Waals surface area contributed by atoms with Gasteiger partial charge in [0.15, 0.2) is 5.69 Å². The summed E-state index contributed by atoms with van der Waals surface area (Å²) in [4.78, 5) is 11.2. The number of rotatable bonds is 3. The minimum Gasteiger partial charge on any atom is -0.464 e. The first-order valence-electron chi connectivity index (χ1n) is 4.51. The maximum Gasteiger partial charge on any atom is 0.357 e. The molecule has 0 saturated heterocycles. The lowest BCUT2D eigenvalue weighted by Crippen LogP contribution is -2.19. The molecule has 16 heavy (non-hydrogen) atoms. The number of primary sulfonamides is 1. The van der Waals surface area contributed by atoms with Crippen LogP contribution in [-0.2, 0) is 21.3 Å². The van der Waals surface area contributed by atoms with Crippen LogP contribution in [0.4, 0.5) is 0 Å². The molecule has 0 aliphatic rings.